The molecule has 0 bridgehead atoms. The first-order valence-electron chi connectivity index (χ1n) is 6.99. The Morgan fingerprint density at radius 3 is 2.70 bits per heavy atom. The van der Waals surface area contributed by atoms with E-state index < -0.39 is 0 Å². The van der Waals surface area contributed by atoms with E-state index in [0.717, 1.165) is 38.3 Å². The minimum absolute atomic E-state index is 0.0452. The van der Waals surface area contributed by atoms with E-state index in [1.807, 2.05) is 6.07 Å². The Kier molecular flexibility index (Phi) is 6.87. The van der Waals surface area contributed by atoms with Crippen molar-refractivity contribution in [1.82, 2.24) is 4.90 Å². The minimum atomic E-state index is -0.0452. The zero-order valence-corrected chi connectivity index (χ0v) is 12.6. The van der Waals surface area contributed by atoms with Crippen molar-refractivity contribution in [2.75, 3.05) is 44.9 Å². The Morgan fingerprint density at radius 1 is 1.35 bits per heavy atom. The highest BCUT2D eigenvalue weighted by Crippen LogP contribution is 2.20. The van der Waals surface area contributed by atoms with Crippen LogP contribution in [0.15, 0.2) is 18.2 Å². The molecule has 1 aromatic carbocycles. The number of anilines is 2. The molecule has 112 valence electrons. The number of hydrogen-bond acceptors (Lipinski definition) is 4. The summed E-state index contributed by atoms with van der Waals surface area (Å²) in [6.07, 6.45) is 1.97. The molecule has 1 rings (SSSR count). The molecule has 0 heterocycles. The van der Waals surface area contributed by atoms with Gasteiger partial charge in [-0.2, -0.15) is 0 Å². The maximum Gasteiger partial charge on any atom is 0.253 e. The number of carbonyl (C=O) groups is 1. The van der Waals surface area contributed by atoms with Gasteiger partial charge in [-0.3, -0.25) is 4.79 Å². The Labute approximate surface area is 121 Å². The fourth-order valence-corrected chi connectivity index (χ4v) is 1.76. The number of nitrogens with two attached hydrogens (primary N) is 1. The minimum Gasteiger partial charge on any atom is -0.397 e. The molecule has 1 aromatic rings. The van der Waals surface area contributed by atoms with Crippen LogP contribution in [0.1, 0.15) is 30.1 Å². The molecular weight excluding hydrogens is 254 g/mol. The molecule has 0 unspecified atom stereocenters. The van der Waals surface area contributed by atoms with Crippen molar-refractivity contribution in [2.24, 2.45) is 0 Å². The molecule has 0 aliphatic carbocycles. The van der Waals surface area contributed by atoms with E-state index in [0.29, 0.717) is 11.3 Å². The molecular formula is C15H25N3O2. The molecule has 1 amide bonds. The number of amides is 1. The summed E-state index contributed by atoms with van der Waals surface area (Å²) < 4.78 is 5.41. The third-order valence-electron chi connectivity index (χ3n) is 2.83. The molecule has 5 nitrogen and oxygen atoms in total. The lowest BCUT2D eigenvalue weighted by atomic mass is 10.1. The van der Waals surface area contributed by atoms with Gasteiger partial charge in [0, 0.05) is 39.4 Å². The summed E-state index contributed by atoms with van der Waals surface area (Å²) in [7, 11) is 3.45. The predicted molar refractivity (Wildman–Crippen MR) is 83.1 cm³/mol. The summed E-state index contributed by atoms with van der Waals surface area (Å²) in [5.41, 5.74) is 8.01. The van der Waals surface area contributed by atoms with Gasteiger partial charge in [0.2, 0.25) is 0 Å². The van der Waals surface area contributed by atoms with Crippen LogP contribution in [0.3, 0.4) is 0 Å². The summed E-state index contributed by atoms with van der Waals surface area (Å²) in [5, 5.41) is 3.26. The third-order valence-corrected chi connectivity index (χ3v) is 2.83. The van der Waals surface area contributed by atoms with Gasteiger partial charge in [-0.15, -0.1) is 0 Å². The van der Waals surface area contributed by atoms with Gasteiger partial charge in [0.25, 0.3) is 5.91 Å². The van der Waals surface area contributed by atoms with E-state index in [-0.39, 0.29) is 5.91 Å². The zero-order valence-electron chi connectivity index (χ0n) is 12.6. The van der Waals surface area contributed by atoms with E-state index >= 15 is 0 Å². The summed E-state index contributed by atoms with van der Waals surface area (Å²) in [4.78, 5) is 13.3. The number of benzene rings is 1. The SMILES string of the molecule is CCCOCCCNc1ccc(C(=O)N(C)C)cc1N. The van der Waals surface area contributed by atoms with Crippen molar-refractivity contribution in [3.63, 3.8) is 0 Å². The highest BCUT2D eigenvalue weighted by molar-refractivity contribution is 5.95. The van der Waals surface area contributed by atoms with Crippen LogP contribution in [0.2, 0.25) is 0 Å². The van der Waals surface area contributed by atoms with Crippen LogP contribution in [0, 0.1) is 0 Å². The molecule has 5 heteroatoms. The molecule has 0 aromatic heterocycles. The van der Waals surface area contributed by atoms with Crippen LogP contribution in [0.4, 0.5) is 11.4 Å². The second kappa shape index (κ2) is 8.43. The molecule has 0 saturated heterocycles. The van der Waals surface area contributed by atoms with Crippen LogP contribution in [0.5, 0.6) is 0 Å². The number of hydrogen-bond donors (Lipinski definition) is 2. The van der Waals surface area contributed by atoms with Crippen molar-refractivity contribution in [3.05, 3.63) is 23.8 Å². The average molecular weight is 279 g/mol. The summed E-state index contributed by atoms with van der Waals surface area (Å²) in [6.45, 7) is 4.45. The highest BCUT2D eigenvalue weighted by atomic mass is 16.5. The fourth-order valence-electron chi connectivity index (χ4n) is 1.76. The van der Waals surface area contributed by atoms with E-state index in [1.54, 1.807) is 26.2 Å². The molecule has 0 fully saturated rings. The quantitative estimate of drug-likeness (QED) is 0.565. The smallest absolute Gasteiger partial charge is 0.253 e. The second-order valence-electron chi connectivity index (χ2n) is 4.89. The second-order valence-corrected chi connectivity index (χ2v) is 4.89. The highest BCUT2D eigenvalue weighted by Gasteiger charge is 2.09. The van der Waals surface area contributed by atoms with Crippen molar-refractivity contribution >= 4 is 17.3 Å². The maximum absolute atomic E-state index is 11.8. The first-order valence-corrected chi connectivity index (χ1v) is 6.99. The Bertz CT molecular complexity index is 433. The van der Waals surface area contributed by atoms with E-state index in [2.05, 4.69) is 12.2 Å². The van der Waals surface area contributed by atoms with Gasteiger partial charge in [-0.25, -0.2) is 0 Å². The van der Waals surface area contributed by atoms with E-state index in [1.165, 1.54) is 4.90 Å². The molecule has 0 spiro atoms. The fraction of sp³-hybridized carbons (Fsp3) is 0.533. The van der Waals surface area contributed by atoms with Crippen molar-refractivity contribution in [3.8, 4) is 0 Å². The van der Waals surface area contributed by atoms with Gasteiger partial charge in [0.05, 0.1) is 11.4 Å². The predicted octanol–water partition coefficient (Wildman–Crippen LogP) is 2.20. The van der Waals surface area contributed by atoms with Crippen LogP contribution < -0.4 is 11.1 Å². The van der Waals surface area contributed by atoms with Gasteiger partial charge in [0.15, 0.2) is 0 Å². The number of carbonyl (C=O) groups excluding carboxylic acids is 1. The average Bonchev–Trinajstić information content (AvgIpc) is 2.43. The number of nitrogens with zero attached hydrogens (tertiary/aromatic N) is 1. The molecule has 0 atom stereocenters. The van der Waals surface area contributed by atoms with E-state index in [4.69, 9.17) is 10.5 Å². The van der Waals surface area contributed by atoms with Crippen LogP contribution >= 0.6 is 0 Å². The zero-order chi connectivity index (χ0) is 15.0. The number of nitrogens with one attached hydrogen (secondary N) is 1. The number of rotatable bonds is 8. The van der Waals surface area contributed by atoms with Crippen molar-refractivity contribution in [2.45, 2.75) is 19.8 Å². The van der Waals surface area contributed by atoms with Crippen LogP contribution in [-0.4, -0.2) is 44.7 Å². The lowest BCUT2D eigenvalue weighted by Crippen LogP contribution is -2.21. The van der Waals surface area contributed by atoms with Gasteiger partial charge in [0.1, 0.15) is 0 Å². The van der Waals surface area contributed by atoms with E-state index in [9.17, 15) is 4.79 Å². The number of ether oxygens (including phenoxy) is 1. The third kappa shape index (κ3) is 5.09. The lowest BCUT2D eigenvalue weighted by Gasteiger charge is -2.13. The largest absolute Gasteiger partial charge is 0.397 e. The monoisotopic (exact) mass is 279 g/mol. The van der Waals surface area contributed by atoms with Crippen LogP contribution in [-0.2, 0) is 4.74 Å². The summed E-state index contributed by atoms with van der Waals surface area (Å²) >= 11 is 0. The summed E-state index contributed by atoms with van der Waals surface area (Å²) in [5.74, 6) is -0.0452. The molecule has 0 saturated carbocycles. The Balaban J connectivity index is 2.46. The number of nitrogen functional groups attached to an aromatic ring is 1. The first kappa shape index (κ1) is 16.3. The van der Waals surface area contributed by atoms with Gasteiger partial charge < -0.3 is 20.7 Å². The van der Waals surface area contributed by atoms with Crippen LogP contribution in [0.25, 0.3) is 0 Å². The molecule has 0 aliphatic heterocycles. The van der Waals surface area contributed by atoms with Gasteiger partial charge in [-0.05, 0) is 31.0 Å². The lowest BCUT2D eigenvalue weighted by molar-refractivity contribution is 0.0827. The Hall–Kier alpha value is -1.75. The summed E-state index contributed by atoms with van der Waals surface area (Å²) in [6, 6.07) is 5.34. The standard InChI is InChI=1S/C15H25N3O2/c1-4-9-20-10-5-8-17-14-7-6-12(11-13(14)16)15(19)18(2)3/h6-7,11,17H,4-5,8-10,16H2,1-3H3. The first-order chi connectivity index (χ1) is 9.56. The topological polar surface area (TPSA) is 67.6 Å². The van der Waals surface area contributed by atoms with Gasteiger partial charge >= 0.3 is 0 Å². The Morgan fingerprint density at radius 2 is 2.10 bits per heavy atom. The normalized spacial score (nSPS) is 10.3. The van der Waals surface area contributed by atoms with Gasteiger partial charge in [-0.1, -0.05) is 6.92 Å². The molecule has 3 N–H and O–H groups in total. The maximum atomic E-state index is 11.8. The van der Waals surface area contributed by atoms with Crippen molar-refractivity contribution < 1.29 is 9.53 Å². The molecule has 0 aliphatic rings. The van der Waals surface area contributed by atoms with Crippen molar-refractivity contribution in [1.29, 1.82) is 0 Å². The molecule has 0 radical (unpaired) electrons. The molecule has 20 heavy (non-hydrogen) atoms.